The summed E-state index contributed by atoms with van der Waals surface area (Å²) in [4.78, 5) is 12.9. The zero-order valence-electron chi connectivity index (χ0n) is 17.8. The number of hydrogen-bond donors (Lipinski definition) is 1. The van der Waals surface area contributed by atoms with Crippen LogP contribution in [0.15, 0.2) is 41.3 Å². The fourth-order valence-electron chi connectivity index (χ4n) is 3.69. The number of benzene rings is 2. The third-order valence-electron chi connectivity index (χ3n) is 5.20. The Morgan fingerprint density at radius 1 is 1.07 bits per heavy atom. The monoisotopic (exact) mass is 430 g/mol. The van der Waals surface area contributed by atoms with E-state index in [1.54, 1.807) is 38.1 Å². The highest BCUT2D eigenvalue weighted by Crippen LogP contribution is 2.45. The molecule has 2 aromatic rings. The van der Waals surface area contributed by atoms with E-state index in [0.717, 1.165) is 5.56 Å². The standard InChI is InChI=1S/C22H26N2O5S/c1-6-15-10-8-9-11-17(15)23-22(25)21-14(3)16-12-19(28-4)20(29-5)13-18(16)24(7-2)30(21,26)27/h8-13H,6-7H2,1-5H3,(H,23,25). The molecular weight excluding hydrogens is 404 g/mol. The smallest absolute Gasteiger partial charge is 0.270 e. The number of amides is 1. The van der Waals surface area contributed by atoms with Crippen molar-refractivity contribution in [3.05, 3.63) is 52.4 Å². The van der Waals surface area contributed by atoms with E-state index < -0.39 is 15.9 Å². The molecule has 0 unspecified atom stereocenters. The van der Waals surface area contributed by atoms with Gasteiger partial charge in [-0.2, -0.15) is 0 Å². The molecule has 0 spiro atoms. The van der Waals surface area contributed by atoms with Gasteiger partial charge in [-0.15, -0.1) is 0 Å². The number of sulfonamides is 1. The Kier molecular flexibility index (Phi) is 6.07. The van der Waals surface area contributed by atoms with Gasteiger partial charge in [0.15, 0.2) is 16.4 Å². The number of carbonyl (C=O) groups excluding carboxylic acids is 1. The highest BCUT2D eigenvalue weighted by Gasteiger charge is 2.39. The van der Waals surface area contributed by atoms with Crippen LogP contribution in [0.1, 0.15) is 31.9 Å². The molecule has 2 aromatic carbocycles. The summed E-state index contributed by atoms with van der Waals surface area (Å²) in [7, 11) is -1.06. The van der Waals surface area contributed by atoms with Crippen LogP contribution in [0.4, 0.5) is 11.4 Å². The lowest BCUT2D eigenvalue weighted by Gasteiger charge is -2.32. The average molecular weight is 431 g/mol. The lowest BCUT2D eigenvalue weighted by molar-refractivity contribution is -0.112. The quantitative estimate of drug-likeness (QED) is 0.753. The zero-order valence-corrected chi connectivity index (χ0v) is 18.6. The zero-order chi connectivity index (χ0) is 22.1. The van der Waals surface area contributed by atoms with E-state index >= 15 is 0 Å². The summed E-state index contributed by atoms with van der Waals surface area (Å²) in [5, 5.41) is 2.79. The van der Waals surface area contributed by atoms with Gasteiger partial charge < -0.3 is 14.8 Å². The van der Waals surface area contributed by atoms with Gasteiger partial charge in [-0.3, -0.25) is 9.10 Å². The molecule has 160 valence electrons. The molecule has 0 bridgehead atoms. The summed E-state index contributed by atoms with van der Waals surface area (Å²) in [6.07, 6.45) is 0.710. The number of methoxy groups -OCH3 is 2. The van der Waals surface area contributed by atoms with Gasteiger partial charge in [-0.1, -0.05) is 25.1 Å². The minimum Gasteiger partial charge on any atom is -0.493 e. The number of allylic oxidation sites excluding steroid dienone is 1. The third kappa shape index (κ3) is 3.52. The van der Waals surface area contributed by atoms with E-state index in [1.165, 1.54) is 18.5 Å². The fourth-order valence-corrected chi connectivity index (χ4v) is 5.44. The first kappa shape index (κ1) is 21.7. The second-order valence-corrected chi connectivity index (χ2v) is 8.61. The van der Waals surface area contributed by atoms with E-state index in [9.17, 15) is 13.2 Å². The number of aryl methyl sites for hydroxylation is 1. The molecule has 0 fully saturated rings. The van der Waals surface area contributed by atoms with Gasteiger partial charge in [-0.05, 0) is 43.5 Å². The molecule has 30 heavy (non-hydrogen) atoms. The van der Waals surface area contributed by atoms with Gasteiger partial charge in [0.1, 0.15) is 0 Å². The number of anilines is 2. The molecule has 1 N–H and O–H groups in total. The van der Waals surface area contributed by atoms with E-state index in [-0.39, 0.29) is 11.4 Å². The van der Waals surface area contributed by atoms with Crippen LogP contribution >= 0.6 is 0 Å². The van der Waals surface area contributed by atoms with Crippen molar-refractivity contribution in [2.45, 2.75) is 27.2 Å². The van der Waals surface area contributed by atoms with Crippen LogP contribution in [-0.2, 0) is 21.2 Å². The number of ether oxygens (including phenoxy) is 2. The summed E-state index contributed by atoms with van der Waals surface area (Å²) in [6.45, 7) is 5.50. The van der Waals surface area contributed by atoms with Gasteiger partial charge >= 0.3 is 0 Å². The Hall–Kier alpha value is -3.00. The normalized spacial score (nSPS) is 14.9. The number of nitrogens with zero attached hydrogens (tertiary/aromatic N) is 1. The fraction of sp³-hybridized carbons (Fsp3) is 0.318. The van der Waals surface area contributed by atoms with Crippen molar-refractivity contribution in [1.82, 2.24) is 0 Å². The molecule has 3 rings (SSSR count). The summed E-state index contributed by atoms with van der Waals surface area (Å²) in [6, 6.07) is 10.7. The van der Waals surface area contributed by atoms with Crippen molar-refractivity contribution in [2.75, 3.05) is 30.4 Å². The van der Waals surface area contributed by atoms with Crippen LogP contribution in [0.25, 0.3) is 5.57 Å². The van der Waals surface area contributed by atoms with Crippen LogP contribution in [0.5, 0.6) is 11.5 Å². The van der Waals surface area contributed by atoms with Crippen molar-refractivity contribution in [2.24, 2.45) is 0 Å². The minimum atomic E-state index is -4.06. The summed E-state index contributed by atoms with van der Waals surface area (Å²) in [5.74, 6) is 0.219. The van der Waals surface area contributed by atoms with Crippen LogP contribution in [-0.4, -0.2) is 35.1 Å². The van der Waals surface area contributed by atoms with E-state index in [2.05, 4.69) is 5.32 Å². The highest BCUT2D eigenvalue weighted by molar-refractivity contribution is 7.97. The topological polar surface area (TPSA) is 84.9 Å². The molecule has 1 aliphatic heterocycles. The molecule has 1 heterocycles. The predicted molar refractivity (Wildman–Crippen MR) is 119 cm³/mol. The van der Waals surface area contributed by atoms with Crippen molar-refractivity contribution in [3.63, 3.8) is 0 Å². The van der Waals surface area contributed by atoms with E-state index in [0.29, 0.717) is 40.4 Å². The molecule has 0 aliphatic carbocycles. The van der Waals surface area contributed by atoms with Gasteiger partial charge in [0.25, 0.3) is 15.9 Å². The maximum atomic E-state index is 13.4. The number of hydrogen-bond acceptors (Lipinski definition) is 5. The minimum absolute atomic E-state index is 0.167. The molecule has 8 heteroatoms. The predicted octanol–water partition coefficient (Wildman–Crippen LogP) is 3.81. The van der Waals surface area contributed by atoms with Crippen molar-refractivity contribution in [3.8, 4) is 11.5 Å². The van der Waals surface area contributed by atoms with E-state index in [1.807, 2.05) is 19.1 Å². The first-order valence-corrected chi connectivity index (χ1v) is 11.1. The van der Waals surface area contributed by atoms with Crippen LogP contribution < -0.4 is 19.1 Å². The molecule has 0 aromatic heterocycles. The van der Waals surface area contributed by atoms with Gasteiger partial charge in [0, 0.05) is 23.9 Å². The Morgan fingerprint density at radius 3 is 2.30 bits per heavy atom. The lowest BCUT2D eigenvalue weighted by atomic mass is 10.0. The Morgan fingerprint density at radius 2 is 1.70 bits per heavy atom. The molecule has 7 nitrogen and oxygen atoms in total. The maximum Gasteiger partial charge on any atom is 0.270 e. The lowest BCUT2D eigenvalue weighted by Crippen LogP contribution is -2.39. The summed E-state index contributed by atoms with van der Waals surface area (Å²) < 4.78 is 38.7. The van der Waals surface area contributed by atoms with Crippen LogP contribution in [0, 0.1) is 0 Å². The Labute approximate surface area is 177 Å². The first-order valence-electron chi connectivity index (χ1n) is 9.69. The molecule has 0 saturated carbocycles. The highest BCUT2D eigenvalue weighted by atomic mass is 32.2. The van der Waals surface area contributed by atoms with Crippen LogP contribution in [0.3, 0.4) is 0 Å². The number of fused-ring (bicyclic) bond motifs is 1. The number of rotatable bonds is 6. The van der Waals surface area contributed by atoms with Gasteiger partial charge in [0.2, 0.25) is 0 Å². The van der Waals surface area contributed by atoms with Gasteiger partial charge in [-0.25, -0.2) is 8.42 Å². The average Bonchev–Trinajstić information content (AvgIpc) is 2.73. The second-order valence-electron chi connectivity index (χ2n) is 6.81. The molecular formula is C22H26N2O5S. The number of para-hydroxylation sites is 1. The van der Waals surface area contributed by atoms with Crippen molar-refractivity contribution < 1.29 is 22.7 Å². The SMILES string of the molecule is CCc1ccccc1NC(=O)C1=C(C)c2cc(OC)c(OC)cc2N(CC)S1(=O)=O. The third-order valence-corrected chi connectivity index (χ3v) is 7.25. The van der Waals surface area contributed by atoms with E-state index in [4.69, 9.17) is 9.47 Å². The summed E-state index contributed by atoms with van der Waals surface area (Å²) >= 11 is 0. The van der Waals surface area contributed by atoms with Crippen LogP contribution in [0.2, 0.25) is 0 Å². The molecule has 1 aliphatic rings. The second kappa shape index (κ2) is 8.39. The Balaban J connectivity index is 2.19. The number of carbonyl (C=O) groups is 1. The molecule has 1 amide bonds. The molecule has 0 atom stereocenters. The number of nitrogens with one attached hydrogen (secondary N) is 1. The largest absolute Gasteiger partial charge is 0.493 e. The summed E-state index contributed by atoms with van der Waals surface area (Å²) in [5.41, 5.74) is 2.96. The van der Waals surface area contributed by atoms with Gasteiger partial charge in [0.05, 0.1) is 19.9 Å². The Bertz CT molecular complexity index is 1120. The first-order chi connectivity index (χ1) is 14.3. The molecule has 0 saturated heterocycles. The van der Waals surface area contributed by atoms with Crippen molar-refractivity contribution in [1.29, 1.82) is 0 Å². The maximum absolute atomic E-state index is 13.4. The molecule has 0 radical (unpaired) electrons. The van der Waals surface area contributed by atoms with Crippen molar-refractivity contribution >= 4 is 32.9 Å².